The molecule has 2 aromatic rings. The van der Waals surface area contributed by atoms with Crippen molar-refractivity contribution in [1.82, 2.24) is 0 Å². The number of quaternary nitrogens is 1. The molecule has 0 spiro atoms. The number of rotatable bonds is 5. The first kappa shape index (κ1) is 17.5. The van der Waals surface area contributed by atoms with Crippen LogP contribution in [0.15, 0.2) is 106 Å². The van der Waals surface area contributed by atoms with Gasteiger partial charge in [-0.2, -0.15) is 10.8 Å². The van der Waals surface area contributed by atoms with Crippen molar-refractivity contribution in [3.63, 3.8) is 0 Å². The molecule has 142 valence electrons. The molecule has 0 amide bonds. The van der Waals surface area contributed by atoms with Crippen LogP contribution in [0, 0.1) is 5.82 Å². The molecule has 0 saturated carbocycles. The molecule has 2 N–H and O–H groups in total. The summed E-state index contributed by atoms with van der Waals surface area (Å²) in [5, 5.41) is 0. The Morgan fingerprint density at radius 3 is 2.76 bits per heavy atom. The summed E-state index contributed by atoms with van der Waals surface area (Å²) in [6, 6.07) is 14.0. The first-order chi connectivity index (χ1) is 14.1. The maximum absolute atomic E-state index is 13.4. The van der Waals surface area contributed by atoms with Gasteiger partial charge in [-0.05, 0) is 35.9 Å². The highest BCUT2D eigenvalue weighted by Gasteiger charge is 2.44. The van der Waals surface area contributed by atoms with Crippen LogP contribution in [0.5, 0.6) is 5.75 Å². The second kappa shape index (κ2) is 6.77. The van der Waals surface area contributed by atoms with Gasteiger partial charge in [-0.1, -0.05) is 36.4 Å². The highest BCUT2D eigenvalue weighted by atomic mass is 19.1. The fraction of sp³-hybridized carbons (Fsp3) is 0.0435. The molecule has 1 atom stereocenters. The second-order valence-electron chi connectivity index (χ2n) is 6.95. The molecule has 0 saturated heterocycles. The van der Waals surface area contributed by atoms with E-state index in [0.717, 1.165) is 28.1 Å². The van der Waals surface area contributed by atoms with Crippen molar-refractivity contribution in [3.8, 4) is 5.75 Å². The zero-order valence-corrected chi connectivity index (χ0v) is 15.5. The van der Waals surface area contributed by atoms with E-state index in [9.17, 15) is 4.39 Å². The number of nitrogens with two attached hydrogens (primary N) is 1. The quantitative estimate of drug-likeness (QED) is 0.622. The van der Waals surface area contributed by atoms with Gasteiger partial charge in [-0.25, -0.2) is 4.39 Å². The van der Waals surface area contributed by atoms with Crippen LogP contribution < -0.4 is 10.6 Å². The van der Waals surface area contributed by atoms with Crippen molar-refractivity contribution in [2.24, 2.45) is 15.8 Å². The minimum atomic E-state index is -0.279. The average molecular weight is 385 g/mol. The number of ether oxygens (including phenoxy) is 1. The number of halogens is 1. The van der Waals surface area contributed by atoms with Crippen molar-refractivity contribution < 1.29 is 13.7 Å². The number of hydrogen-bond donors (Lipinski definition) is 1. The monoisotopic (exact) mass is 385 g/mol. The van der Waals surface area contributed by atoms with Gasteiger partial charge in [0.05, 0.1) is 18.0 Å². The van der Waals surface area contributed by atoms with Gasteiger partial charge >= 0.3 is 0 Å². The van der Waals surface area contributed by atoms with E-state index in [0.29, 0.717) is 11.6 Å². The van der Waals surface area contributed by atoms with Gasteiger partial charge in [-0.15, -0.1) is 4.59 Å². The molecule has 0 fully saturated rings. The van der Waals surface area contributed by atoms with E-state index < -0.39 is 0 Å². The molecule has 1 aliphatic carbocycles. The summed E-state index contributed by atoms with van der Waals surface area (Å²) in [5.74, 6) is 7.79. The summed E-state index contributed by atoms with van der Waals surface area (Å²) >= 11 is 0. The van der Waals surface area contributed by atoms with Crippen LogP contribution in [0.2, 0.25) is 0 Å². The van der Waals surface area contributed by atoms with Gasteiger partial charge in [0.2, 0.25) is 5.70 Å². The van der Waals surface area contributed by atoms with Crippen LogP contribution in [0.25, 0.3) is 0 Å². The van der Waals surface area contributed by atoms with E-state index in [2.05, 4.69) is 4.99 Å². The number of aliphatic imine (C=N–C) groups is 2. The van der Waals surface area contributed by atoms with E-state index in [1.54, 1.807) is 18.5 Å². The van der Waals surface area contributed by atoms with Crippen LogP contribution in [-0.2, 0) is 6.61 Å². The molecule has 2 aromatic carbocycles. The lowest BCUT2D eigenvalue weighted by atomic mass is 10.0. The average Bonchev–Trinajstić information content (AvgIpc) is 2.98. The third-order valence-corrected chi connectivity index (χ3v) is 5.01. The molecule has 3 aliphatic rings. The molecule has 5 rings (SSSR count). The zero-order chi connectivity index (χ0) is 19.8. The van der Waals surface area contributed by atoms with E-state index in [-0.39, 0.29) is 17.0 Å². The van der Waals surface area contributed by atoms with Gasteiger partial charge < -0.3 is 4.74 Å². The Bertz CT molecular complexity index is 1190. The smallest absolute Gasteiger partial charge is 0.265 e. The lowest BCUT2D eigenvalue weighted by Gasteiger charge is -2.26. The molecule has 0 radical (unpaired) electrons. The maximum Gasteiger partial charge on any atom is 0.265 e. The van der Waals surface area contributed by atoms with Gasteiger partial charge in [0.15, 0.2) is 0 Å². The fourth-order valence-electron chi connectivity index (χ4n) is 3.46. The van der Waals surface area contributed by atoms with Crippen LogP contribution >= 0.6 is 0 Å². The highest BCUT2D eigenvalue weighted by molar-refractivity contribution is 6.01. The SMILES string of the molecule is N[N+]12C=CN=CC1=C(C1=CC=C1)N=C2c1cccc(OCc2cccc(F)c2)c1. The molecule has 2 aliphatic heterocycles. The van der Waals surface area contributed by atoms with Gasteiger partial charge in [0, 0.05) is 5.57 Å². The van der Waals surface area contributed by atoms with E-state index >= 15 is 0 Å². The lowest BCUT2D eigenvalue weighted by Crippen LogP contribution is -2.53. The third-order valence-electron chi connectivity index (χ3n) is 5.01. The topological polar surface area (TPSA) is 60.0 Å². The summed E-state index contributed by atoms with van der Waals surface area (Å²) in [6.07, 6.45) is 11.2. The molecular formula is C23H18FN4O+. The van der Waals surface area contributed by atoms with Crippen molar-refractivity contribution >= 4 is 12.1 Å². The standard InChI is InChI=1S/C23H18FN4O/c24-19-8-1-4-16(12-19)15-29-20-9-3-7-18(13-20)23-27-22(17-5-2-6-17)21-14-26-10-11-28(21,23)25/h1-14H,15,25H2/q+1. The summed E-state index contributed by atoms with van der Waals surface area (Å²) < 4.78 is 19.2. The predicted molar refractivity (Wildman–Crippen MR) is 110 cm³/mol. The molecule has 1 unspecified atom stereocenters. The van der Waals surface area contributed by atoms with Crippen LogP contribution in [-0.4, -0.2) is 16.6 Å². The van der Waals surface area contributed by atoms with Gasteiger partial charge in [0.25, 0.3) is 5.84 Å². The number of allylic oxidation sites excluding steroid dienone is 4. The van der Waals surface area contributed by atoms with Gasteiger partial charge in [-0.3, -0.25) is 4.99 Å². The fourth-order valence-corrected chi connectivity index (χ4v) is 3.46. The predicted octanol–water partition coefficient (Wildman–Crippen LogP) is 4.12. The Balaban J connectivity index is 1.45. The molecule has 5 nitrogen and oxygen atoms in total. The Morgan fingerprint density at radius 2 is 1.97 bits per heavy atom. The molecule has 6 heteroatoms. The van der Waals surface area contributed by atoms with Crippen LogP contribution in [0.1, 0.15) is 11.1 Å². The molecule has 0 bridgehead atoms. The second-order valence-corrected chi connectivity index (χ2v) is 6.95. The first-order valence-electron chi connectivity index (χ1n) is 9.22. The summed E-state index contributed by atoms with van der Waals surface area (Å²) in [6.45, 7) is 0.273. The number of amidine groups is 1. The Kier molecular flexibility index (Phi) is 4.08. The largest absolute Gasteiger partial charge is 0.489 e. The Labute approximate surface area is 167 Å². The Morgan fingerprint density at radius 1 is 1.10 bits per heavy atom. The normalized spacial score (nSPS) is 21.6. The van der Waals surface area contributed by atoms with Crippen LogP contribution in [0.3, 0.4) is 0 Å². The molecule has 0 aromatic heterocycles. The molecular weight excluding hydrogens is 367 g/mol. The summed E-state index contributed by atoms with van der Waals surface area (Å²) in [7, 11) is 0. The van der Waals surface area contributed by atoms with Crippen molar-refractivity contribution in [2.45, 2.75) is 6.61 Å². The van der Waals surface area contributed by atoms with Crippen molar-refractivity contribution in [3.05, 3.63) is 113 Å². The minimum absolute atomic E-state index is 0.0443. The van der Waals surface area contributed by atoms with E-state index in [1.165, 1.54) is 12.1 Å². The summed E-state index contributed by atoms with van der Waals surface area (Å²) in [5.41, 5.74) is 4.29. The lowest BCUT2D eigenvalue weighted by molar-refractivity contribution is -0.750. The van der Waals surface area contributed by atoms with Crippen LogP contribution in [0.4, 0.5) is 4.39 Å². The minimum Gasteiger partial charge on any atom is -0.489 e. The first-order valence-corrected chi connectivity index (χ1v) is 9.22. The number of fused-ring (bicyclic) bond motifs is 1. The summed E-state index contributed by atoms with van der Waals surface area (Å²) in [4.78, 5) is 9.08. The van der Waals surface area contributed by atoms with Crippen molar-refractivity contribution in [2.75, 3.05) is 0 Å². The Hall–Kier alpha value is -3.61. The number of hydrogen-bond acceptors (Lipinski definition) is 4. The molecule has 29 heavy (non-hydrogen) atoms. The maximum atomic E-state index is 13.4. The number of nitrogens with zero attached hydrogens (tertiary/aromatic N) is 3. The molecule has 2 heterocycles. The van der Waals surface area contributed by atoms with E-state index in [1.807, 2.05) is 54.8 Å². The van der Waals surface area contributed by atoms with Gasteiger partial charge in [0.1, 0.15) is 30.1 Å². The number of benzene rings is 2. The van der Waals surface area contributed by atoms with E-state index in [4.69, 9.17) is 15.6 Å². The third kappa shape index (κ3) is 3.04. The zero-order valence-electron chi connectivity index (χ0n) is 15.5. The highest BCUT2D eigenvalue weighted by Crippen LogP contribution is 2.36. The van der Waals surface area contributed by atoms with Crippen molar-refractivity contribution in [1.29, 1.82) is 0 Å².